The molecule has 0 saturated carbocycles. The average molecular weight is 462 g/mol. The van der Waals surface area contributed by atoms with Crippen molar-refractivity contribution in [3.63, 3.8) is 0 Å². The van der Waals surface area contributed by atoms with E-state index in [1.54, 1.807) is 35.2 Å². The van der Waals surface area contributed by atoms with Gasteiger partial charge in [-0.15, -0.1) is 10.2 Å². The van der Waals surface area contributed by atoms with Crippen molar-refractivity contribution >= 4 is 46.6 Å². The molecule has 162 valence electrons. The number of rotatable bonds is 8. The summed E-state index contributed by atoms with van der Waals surface area (Å²) in [5.74, 6) is 0.516. The van der Waals surface area contributed by atoms with Gasteiger partial charge in [0.05, 0.1) is 36.4 Å². The molecule has 0 spiro atoms. The number of hydrogen-bond acceptors (Lipinski definition) is 7. The van der Waals surface area contributed by atoms with Crippen molar-refractivity contribution in [2.24, 2.45) is 0 Å². The van der Waals surface area contributed by atoms with Crippen molar-refractivity contribution in [1.29, 1.82) is 0 Å². The third kappa shape index (κ3) is 5.68. The Morgan fingerprint density at radius 2 is 1.90 bits per heavy atom. The molecule has 9 nitrogen and oxygen atoms in total. The fourth-order valence-corrected chi connectivity index (χ4v) is 3.68. The largest absolute Gasteiger partial charge is 0.495 e. The molecule has 0 bridgehead atoms. The molecule has 2 N–H and O–H groups in total. The molecular formula is C20H20ClN5O4S. The number of carbonyl (C=O) groups is 2. The molecule has 0 aliphatic rings. The Balaban J connectivity index is 1.70. The fourth-order valence-electron chi connectivity index (χ4n) is 2.71. The first kappa shape index (κ1) is 22.4. The first-order chi connectivity index (χ1) is 14.9. The van der Waals surface area contributed by atoms with Crippen molar-refractivity contribution < 1.29 is 19.1 Å². The Bertz CT molecular complexity index is 1100. The number of carbonyl (C=O) groups excluding carboxylic acids is 2. The van der Waals surface area contributed by atoms with Crippen LogP contribution in [0.3, 0.4) is 0 Å². The molecule has 0 fully saturated rings. The highest BCUT2D eigenvalue weighted by atomic mass is 35.5. The van der Waals surface area contributed by atoms with Crippen molar-refractivity contribution in [2.75, 3.05) is 30.6 Å². The van der Waals surface area contributed by atoms with E-state index in [0.29, 0.717) is 33.1 Å². The van der Waals surface area contributed by atoms with Crippen LogP contribution >= 0.6 is 23.4 Å². The van der Waals surface area contributed by atoms with Gasteiger partial charge in [0.15, 0.2) is 5.16 Å². The summed E-state index contributed by atoms with van der Waals surface area (Å²) in [6, 6.07) is 10.4. The van der Waals surface area contributed by atoms with Gasteiger partial charge >= 0.3 is 0 Å². The predicted molar refractivity (Wildman–Crippen MR) is 120 cm³/mol. The second kappa shape index (κ2) is 10.2. The lowest BCUT2D eigenvalue weighted by atomic mass is 10.2. The van der Waals surface area contributed by atoms with Crippen LogP contribution in [0.15, 0.2) is 47.9 Å². The van der Waals surface area contributed by atoms with E-state index in [9.17, 15) is 9.59 Å². The number of anilines is 2. The fraction of sp³-hybridized carbons (Fsp3) is 0.200. The minimum absolute atomic E-state index is 0.0802. The maximum absolute atomic E-state index is 12.5. The number of hydrogen-bond donors (Lipinski definition) is 2. The lowest BCUT2D eigenvalue weighted by molar-refractivity contribution is -0.114. The third-order valence-electron chi connectivity index (χ3n) is 4.04. The third-order valence-corrected chi connectivity index (χ3v) is 5.28. The minimum Gasteiger partial charge on any atom is -0.495 e. The maximum atomic E-state index is 12.5. The van der Waals surface area contributed by atoms with E-state index in [2.05, 4.69) is 20.8 Å². The highest BCUT2D eigenvalue weighted by Gasteiger charge is 2.15. The van der Waals surface area contributed by atoms with Gasteiger partial charge in [0.25, 0.3) is 0 Å². The number of amides is 2. The summed E-state index contributed by atoms with van der Waals surface area (Å²) in [6.45, 7) is 1.44. The summed E-state index contributed by atoms with van der Waals surface area (Å²) in [5, 5.41) is 14.4. The van der Waals surface area contributed by atoms with Crippen LogP contribution in [0.4, 0.5) is 11.4 Å². The number of ether oxygens (including phenoxy) is 2. The predicted octanol–water partition coefficient (Wildman–Crippen LogP) is 3.63. The molecule has 31 heavy (non-hydrogen) atoms. The second-order valence-electron chi connectivity index (χ2n) is 6.24. The van der Waals surface area contributed by atoms with Gasteiger partial charge in [0, 0.05) is 18.7 Å². The Morgan fingerprint density at radius 1 is 1.13 bits per heavy atom. The highest BCUT2D eigenvalue weighted by Crippen LogP contribution is 2.36. The van der Waals surface area contributed by atoms with Gasteiger partial charge in [-0.3, -0.25) is 14.2 Å². The quantitative estimate of drug-likeness (QED) is 0.493. The molecule has 0 aliphatic heterocycles. The minimum atomic E-state index is -0.272. The zero-order valence-corrected chi connectivity index (χ0v) is 18.6. The van der Waals surface area contributed by atoms with E-state index in [1.807, 2.05) is 12.1 Å². The van der Waals surface area contributed by atoms with Gasteiger partial charge in [-0.05, 0) is 24.3 Å². The van der Waals surface area contributed by atoms with E-state index in [1.165, 1.54) is 32.9 Å². The molecule has 1 heterocycles. The Kier molecular flexibility index (Phi) is 7.37. The van der Waals surface area contributed by atoms with Crippen LogP contribution in [0, 0.1) is 0 Å². The van der Waals surface area contributed by atoms with Crippen molar-refractivity contribution in [2.45, 2.75) is 12.1 Å². The zero-order chi connectivity index (χ0) is 22.4. The van der Waals surface area contributed by atoms with Crippen LogP contribution in [0.2, 0.25) is 5.02 Å². The smallest absolute Gasteiger partial charge is 0.234 e. The molecule has 3 aromatic rings. The van der Waals surface area contributed by atoms with Crippen LogP contribution in [0.1, 0.15) is 6.92 Å². The monoisotopic (exact) mass is 461 g/mol. The summed E-state index contributed by atoms with van der Waals surface area (Å²) in [5.41, 5.74) is 1.84. The van der Waals surface area contributed by atoms with Crippen LogP contribution in [0.25, 0.3) is 5.69 Å². The van der Waals surface area contributed by atoms with Crippen molar-refractivity contribution in [3.05, 3.63) is 47.7 Å². The van der Waals surface area contributed by atoms with E-state index >= 15 is 0 Å². The van der Waals surface area contributed by atoms with Gasteiger partial charge < -0.3 is 20.1 Å². The van der Waals surface area contributed by atoms with Crippen LogP contribution in [-0.2, 0) is 9.59 Å². The molecule has 2 amide bonds. The summed E-state index contributed by atoms with van der Waals surface area (Å²) < 4.78 is 12.2. The molecule has 0 unspecified atom stereocenters. The number of thioether (sulfide) groups is 1. The number of nitrogens with one attached hydrogen (secondary N) is 2. The van der Waals surface area contributed by atoms with Gasteiger partial charge in [-0.2, -0.15) is 0 Å². The van der Waals surface area contributed by atoms with Crippen molar-refractivity contribution in [3.8, 4) is 17.2 Å². The summed E-state index contributed by atoms with van der Waals surface area (Å²) in [4.78, 5) is 23.8. The van der Waals surface area contributed by atoms with Gasteiger partial charge in [-0.1, -0.05) is 29.4 Å². The number of nitrogens with zero attached hydrogens (tertiary/aromatic N) is 3. The van der Waals surface area contributed by atoms with Gasteiger partial charge in [0.1, 0.15) is 17.8 Å². The first-order valence-electron chi connectivity index (χ1n) is 9.03. The molecule has 11 heteroatoms. The molecule has 0 radical (unpaired) electrons. The molecule has 2 aromatic carbocycles. The van der Waals surface area contributed by atoms with Crippen LogP contribution < -0.4 is 20.1 Å². The Morgan fingerprint density at radius 3 is 2.61 bits per heavy atom. The molecular weight excluding hydrogens is 442 g/mol. The Labute approximate surface area is 188 Å². The van der Waals surface area contributed by atoms with Gasteiger partial charge in [0.2, 0.25) is 11.8 Å². The van der Waals surface area contributed by atoms with Gasteiger partial charge in [-0.25, -0.2) is 0 Å². The lowest BCUT2D eigenvalue weighted by Crippen LogP contribution is -2.15. The van der Waals surface area contributed by atoms with Crippen molar-refractivity contribution in [1.82, 2.24) is 14.8 Å². The molecule has 1 aromatic heterocycles. The number of methoxy groups -OCH3 is 2. The summed E-state index contributed by atoms with van der Waals surface area (Å²) in [7, 11) is 2.99. The highest BCUT2D eigenvalue weighted by molar-refractivity contribution is 7.99. The number of aromatic nitrogens is 3. The first-order valence-corrected chi connectivity index (χ1v) is 10.4. The maximum Gasteiger partial charge on any atom is 0.234 e. The summed E-state index contributed by atoms with van der Waals surface area (Å²) in [6.07, 6.45) is 1.54. The van der Waals surface area contributed by atoms with E-state index in [-0.39, 0.29) is 17.6 Å². The normalized spacial score (nSPS) is 10.5. The van der Waals surface area contributed by atoms with Crippen LogP contribution in [0.5, 0.6) is 11.5 Å². The van der Waals surface area contributed by atoms with E-state index in [4.69, 9.17) is 21.1 Å². The topological polar surface area (TPSA) is 107 Å². The zero-order valence-electron chi connectivity index (χ0n) is 17.0. The standard InChI is InChI=1S/C20H20ClN5O4S/c1-12(27)23-13-5-4-6-14(7-13)26-11-22-25-20(26)31-10-19(28)24-16-8-15(21)17(29-2)9-18(16)30-3/h4-9,11H,10H2,1-3H3,(H,23,27)(H,24,28). The number of halogens is 1. The molecule has 3 rings (SSSR count). The SMILES string of the molecule is COc1cc(OC)c(NC(=O)CSc2nncn2-c2cccc(NC(C)=O)c2)cc1Cl. The molecule has 0 atom stereocenters. The average Bonchev–Trinajstić information content (AvgIpc) is 3.21. The van der Waals surface area contributed by atoms with E-state index < -0.39 is 0 Å². The Hall–Kier alpha value is -3.24. The lowest BCUT2D eigenvalue weighted by Gasteiger charge is -2.13. The van der Waals surface area contributed by atoms with Crippen LogP contribution in [-0.4, -0.2) is 46.6 Å². The molecule has 0 saturated heterocycles. The molecule has 0 aliphatic carbocycles. The summed E-state index contributed by atoms with van der Waals surface area (Å²) >= 11 is 7.36. The number of benzene rings is 2. The van der Waals surface area contributed by atoms with E-state index in [0.717, 1.165) is 5.69 Å². The second-order valence-corrected chi connectivity index (χ2v) is 7.59.